The highest BCUT2D eigenvalue weighted by Gasteiger charge is 2.09. The van der Waals surface area contributed by atoms with E-state index in [1.54, 1.807) is 0 Å². The van der Waals surface area contributed by atoms with Gasteiger partial charge in [-0.25, -0.2) is 4.98 Å². The van der Waals surface area contributed by atoms with Gasteiger partial charge in [-0.3, -0.25) is 4.79 Å². The number of likely N-dealkylation sites (N-methyl/N-ethyl adjacent to an activating group) is 1. The second-order valence-electron chi connectivity index (χ2n) is 3.78. The van der Waals surface area contributed by atoms with Crippen molar-refractivity contribution in [3.63, 3.8) is 0 Å². The van der Waals surface area contributed by atoms with Crippen LogP contribution in [0.1, 0.15) is 24.2 Å². The molecule has 1 aromatic heterocycles. The van der Waals surface area contributed by atoms with E-state index in [9.17, 15) is 4.79 Å². The zero-order chi connectivity index (χ0) is 13.5. The van der Waals surface area contributed by atoms with E-state index in [2.05, 4.69) is 29.0 Å². The molecular formula is C12H17Cl2N3O. The predicted octanol–water partition coefficient (Wildman–Crippen LogP) is 2.46. The second kappa shape index (κ2) is 7.56. The molecule has 100 valence electrons. The van der Waals surface area contributed by atoms with Gasteiger partial charge >= 0.3 is 0 Å². The first-order valence-electron chi connectivity index (χ1n) is 5.90. The van der Waals surface area contributed by atoms with E-state index in [0.29, 0.717) is 12.1 Å². The summed E-state index contributed by atoms with van der Waals surface area (Å²) in [7, 11) is 0. The molecule has 4 nitrogen and oxygen atoms in total. The Morgan fingerprint density at radius 3 is 2.61 bits per heavy atom. The number of rotatable bonds is 6. The van der Waals surface area contributed by atoms with Gasteiger partial charge in [0.25, 0.3) is 5.91 Å². The summed E-state index contributed by atoms with van der Waals surface area (Å²) in [6.07, 6.45) is 1.42. The van der Waals surface area contributed by atoms with Crippen LogP contribution in [0.2, 0.25) is 10.2 Å². The van der Waals surface area contributed by atoms with E-state index in [1.807, 2.05) is 0 Å². The highest BCUT2D eigenvalue weighted by atomic mass is 35.5. The molecule has 0 bridgehead atoms. The van der Waals surface area contributed by atoms with Crippen LogP contribution in [-0.2, 0) is 0 Å². The molecular weight excluding hydrogens is 273 g/mol. The van der Waals surface area contributed by atoms with Crippen molar-refractivity contribution < 1.29 is 4.79 Å². The Labute approximate surface area is 117 Å². The summed E-state index contributed by atoms with van der Waals surface area (Å²) in [5, 5.41) is 3.31. The molecule has 0 saturated heterocycles. The standard InChI is InChI=1S/C12H17Cl2N3O/c1-3-17(4-2)6-5-15-12(18)9-7-10(13)11(14)16-8-9/h7-8H,3-6H2,1-2H3,(H,15,18). The molecule has 0 fully saturated rings. The third-order valence-electron chi connectivity index (χ3n) is 2.67. The van der Waals surface area contributed by atoms with Crippen LogP contribution in [0.5, 0.6) is 0 Å². The van der Waals surface area contributed by atoms with Crippen molar-refractivity contribution >= 4 is 29.1 Å². The van der Waals surface area contributed by atoms with E-state index in [0.717, 1.165) is 19.6 Å². The van der Waals surface area contributed by atoms with Gasteiger partial charge in [-0.2, -0.15) is 0 Å². The number of pyridine rings is 1. The van der Waals surface area contributed by atoms with Gasteiger partial charge in [-0.15, -0.1) is 0 Å². The number of nitrogens with zero attached hydrogens (tertiary/aromatic N) is 2. The lowest BCUT2D eigenvalue weighted by atomic mass is 10.2. The Morgan fingerprint density at radius 2 is 2.06 bits per heavy atom. The van der Waals surface area contributed by atoms with Crippen LogP contribution in [0.25, 0.3) is 0 Å². The molecule has 0 aromatic carbocycles. The fraction of sp³-hybridized carbons (Fsp3) is 0.500. The van der Waals surface area contributed by atoms with E-state index < -0.39 is 0 Å². The maximum Gasteiger partial charge on any atom is 0.252 e. The van der Waals surface area contributed by atoms with Gasteiger partial charge in [-0.1, -0.05) is 37.0 Å². The van der Waals surface area contributed by atoms with Crippen LogP contribution in [0.3, 0.4) is 0 Å². The van der Waals surface area contributed by atoms with E-state index in [4.69, 9.17) is 23.2 Å². The van der Waals surface area contributed by atoms with Gasteiger partial charge in [0.05, 0.1) is 10.6 Å². The Balaban J connectivity index is 2.48. The first-order chi connectivity index (χ1) is 8.58. The van der Waals surface area contributed by atoms with Gasteiger partial charge in [0.1, 0.15) is 5.15 Å². The minimum Gasteiger partial charge on any atom is -0.351 e. The molecule has 0 aliphatic heterocycles. The van der Waals surface area contributed by atoms with E-state index in [-0.39, 0.29) is 16.1 Å². The van der Waals surface area contributed by atoms with Crippen LogP contribution in [0, 0.1) is 0 Å². The van der Waals surface area contributed by atoms with E-state index >= 15 is 0 Å². The van der Waals surface area contributed by atoms with Gasteiger partial charge in [0, 0.05) is 19.3 Å². The minimum absolute atomic E-state index is 0.187. The SMILES string of the molecule is CCN(CC)CCNC(=O)c1cnc(Cl)c(Cl)c1. The monoisotopic (exact) mass is 289 g/mol. The summed E-state index contributed by atoms with van der Waals surface area (Å²) in [6, 6.07) is 1.52. The average Bonchev–Trinajstić information content (AvgIpc) is 2.37. The summed E-state index contributed by atoms with van der Waals surface area (Å²) in [5.41, 5.74) is 0.420. The lowest BCUT2D eigenvalue weighted by Crippen LogP contribution is -2.34. The maximum absolute atomic E-state index is 11.8. The number of hydrogen-bond donors (Lipinski definition) is 1. The summed E-state index contributed by atoms with van der Waals surface area (Å²) >= 11 is 11.5. The molecule has 1 aromatic rings. The zero-order valence-electron chi connectivity index (χ0n) is 10.5. The number of aromatic nitrogens is 1. The molecule has 1 amide bonds. The number of nitrogens with one attached hydrogen (secondary N) is 1. The summed E-state index contributed by atoms with van der Waals surface area (Å²) in [6.45, 7) is 7.55. The Hall–Kier alpha value is -0.840. The molecule has 0 aliphatic rings. The van der Waals surface area contributed by atoms with Crippen LogP contribution >= 0.6 is 23.2 Å². The van der Waals surface area contributed by atoms with Crippen molar-refractivity contribution in [3.8, 4) is 0 Å². The number of halogens is 2. The van der Waals surface area contributed by atoms with Gasteiger partial charge in [0.15, 0.2) is 0 Å². The van der Waals surface area contributed by atoms with Crippen molar-refractivity contribution in [3.05, 3.63) is 28.0 Å². The lowest BCUT2D eigenvalue weighted by molar-refractivity contribution is 0.0948. The minimum atomic E-state index is -0.187. The van der Waals surface area contributed by atoms with Crippen molar-refractivity contribution in [2.24, 2.45) is 0 Å². The highest BCUT2D eigenvalue weighted by molar-refractivity contribution is 6.41. The van der Waals surface area contributed by atoms with Crippen LogP contribution in [0.15, 0.2) is 12.3 Å². The normalized spacial score (nSPS) is 10.7. The quantitative estimate of drug-likeness (QED) is 0.819. The van der Waals surface area contributed by atoms with Gasteiger partial charge in [-0.05, 0) is 19.2 Å². The Kier molecular flexibility index (Phi) is 6.39. The topological polar surface area (TPSA) is 45.2 Å². The molecule has 1 heterocycles. The predicted molar refractivity (Wildman–Crippen MR) is 74.4 cm³/mol. The molecule has 1 N–H and O–H groups in total. The number of amides is 1. The first kappa shape index (κ1) is 15.2. The lowest BCUT2D eigenvalue weighted by Gasteiger charge is -2.17. The molecule has 0 radical (unpaired) electrons. The molecule has 0 atom stereocenters. The zero-order valence-corrected chi connectivity index (χ0v) is 12.1. The molecule has 0 aliphatic carbocycles. The Morgan fingerprint density at radius 1 is 1.39 bits per heavy atom. The molecule has 18 heavy (non-hydrogen) atoms. The van der Waals surface area contributed by atoms with Crippen molar-refractivity contribution in [2.45, 2.75) is 13.8 Å². The maximum atomic E-state index is 11.8. The smallest absolute Gasteiger partial charge is 0.252 e. The fourth-order valence-corrected chi connectivity index (χ4v) is 1.78. The molecule has 0 unspecified atom stereocenters. The van der Waals surface area contributed by atoms with Gasteiger partial charge < -0.3 is 10.2 Å². The molecule has 0 saturated carbocycles. The van der Waals surface area contributed by atoms with Crippen LogP contribution in [-0.4, -0.2) is 42.0 Å². The number of carbonyl (C=O) groups excluding carboxylic acids is 1. The summed E-state index contributed by atoms with van der Waals surface area (Å²) in [4.78, 5) is 17.9. The van der Waals surface area contributed by atoms with Gasteiger partial charge in [0.2, 0.25) is 0 Å². The Bertz CT molecular complexity index is 408. The number of hydrogen-bond acceptors (Lipinski definition) is 3. The third kappa shape index (κ3) is 4.44. The summed E-state index contributed by atoms with van der Waals surface area (Å²) < 4.78 is 0. The van der Waals surface area contributed by atoms with Crippen LogP contribution in [0.4, 0.5) is 0 Å². The fourth-order valence-electron chi connectivity index (χ4n) is 1.51. The molecule has 1 rings (SSSR count). The van der Waals surface area contributed by atoms with Crippen molar-refractivity contribution in [1.82, 2.24) is 15.2 Å². The molecule has 6 heteroatoms. The highest BCUT2D eigenvalue weighted by Crippen LogP contribution is 2.19. The average molecular weight is 290 g/mol. The van der Waals surface area contributed by atoms with E-state index in [1.165, 1.54) is 12.3 Å². The second-order valence-corrected chi connectivity index (χ2v) is 4.54. The third-order valence-corrected chi connectivity index (χ3v) is 3.35. The summed E-state index contributed by atoms with van der Waals surface area (Å²) in [5.74, 6) is -0.187. The van der Waals surface area contributed by atoms with Crippen molar-refractivity contribution in [1.29, 1.82) is 0 Å². The number of carbonyl (C=O) groups is 1. The van der Waals surface area contributed by atoms with Crippen molar-refractivity contribution in [2.75, 3.05) is 26.2 Å². The van der Waals surface area contributed by atoms with Crippen LogP contribution < -0.4 is 5.32 Å². The first-order valence-corrected chi connectivity index (χ1v) is 6.65. The largest absolute Gasteiger partial charge is 0.351 e. The molecule has 0 spiro atoms.